The second-order valence-corrected chi connectivity index (χ2v) is 5.25. The Hall–Kier alpha value is -1.25. The molecule has 0 saturated heterocycles. The molecule has 0 atom stereocenters. The van der Waals surface area contributed by atoms with E-state index < -0.39 is 0 Å². The van der Waals surface area contributed by atoms with Crippen molar-refractivity contribution in [2.75, 3.05) is 0 Å². The molecule has 0 heterocycles. The van der Waals surface area contributed by atoms with Crippen LogP contribution in [0.3, 0.4) is 0 Å². The van der Waals surface area contributed by atoms with Crippen LogP contribution >= 0.6 is 23.4 Å². The first-order valence-electron chi connectivity index (χ1n) is 5.18. The third-order valence-corrected chi connectivity index (χ3v) is 3.81. The summed E-state index contributed by atoms with van der Waals surface area (Å²) in [5.74, 6) is 0. The van der Waals surface area contributed by atoms with Gasteiger partial charge >= 0.3 is 0 Å². The summed E-state index contributed by atoms with van der Waals surface area (Å²) in [6, 6.07) is 13.4. The van der Waals surface area contributed by atoms with Crippen molar-refractivity contribution in [3.8, 4) is 0 Å². The molecule has 0 unspecified atom stereocenters. The number of rotatable bonds is 3. The fourth-order valence-electron chi connectivity index (χ4n) is 1.49. The molecule has 0 spiro atoms. The maximum absolute atomic E-state index is 10.6. The lowest BCUT2D eigenvalue weighted by atomic mass is 10.2. The van der Waals surface area contributed by atoms with Gasteiger partial charge in [-0.25, -0.2) is 0 Å². The second-order valence-electron chi connectivity index (χ2n) is 3.70. The molecular formula is C14H11ClOS. The molecule has 0 amide bonds. The van der Waals surface area contributed by atoms with Crippen molar-refractivity contribution in [3.63, 3.8) is 0 Å². The Morgan fingerprint density at radius 1 is 1.12 bits per heavy atom. The molecule has 86 valence electrons. The lowest BCUT2D eigenvalue weighted by Crippen LogP contribution is -1.84. The van der Waals surface area contributed by atoms with E-state index in [0.29, 0.717) is 5.56 Å². The van der Waals surface area contributed by atoms with Gasteiger partial charge < -0.3 is 0 Å². The number of aryl methyl sites for hydroxylation is 1. The normalized spacial score (nSPS) is 10.2. The van der Waals surface area contributed by atoms with Gasteiger partial charge in [0.2, 0.25) is 0 Å². The first-order valence-corrected chi connectivity index (χ1v) is 6.38. The minimum absolute atomic E-state index is 0.711. The van der Waals surface area contributed by atoms with E-state index in [4.69, 9.17) is 11.6 Å². The summed E-state index contributed by atoms with van der Waals surface area (Å²) in [6.07, 6.45) is 0.865. The first-order chi connectivity index (χ1) is 8.19. The van der Waals surface area contributed by atoms with Gasteiger partial charge in [0.25, 0.3) is 0 Å². The van der Waals surface area contributed by atoms with Gasteiger partial charge in [-0.05, 0) is 48.9 Å². The standard InChI is InChI=1S/C14H11ClOS/c1-10-8-11(9-16)2-7-14(10)17-13-5-3-12(15)4-6-13/h2-9H,1H3. The van der Waals surface area contributed by atoms with E-state index in [1.165, 1.54) is 0 Å². The van der Waals surface area contributed by atoms with Crippen LogP contribution in [0.15, 0.2) is 52.3 Å². The van der Waals surface area contributed by atoms with Crippen LogP contribution in [0.5, 0.6) is 0 Å². The van der Waals surface area contributed by atoms with Gasteiger partial charge in [-0.3, -0.25) is 4.79 Å². The molecule has 2 aromatic carbocycles. The molecule has 0 radical (unpaired) electrons. The van der Waals surface area contributed by atoms with E-state index in [9.17, 15) is 4.79 Å². The number of benzene rings is 2. The predicted octanol–water partition coefficient (Wildman–Crippen LogP) is 4.61. The number of hydrogen-bond acceptors (Lipinski definition) is 2. The van der Waals surface area contributed by atoms with Gasteiger partial charge in [-0.2, -0.15) is 0 Å². The highest BCUT2D eigenvalue weighted by Crippen LogP contribution is 2.31. The number of carbonyl (C=O) groups is 1. The Morgan fingerprint density at radius 2 is 1.82 bits per heavy atom. The molecule has 0 aromatic heterocycles. The van der Waals surface area contributed by atoms with Crippen LogP contribution in [0.2, 0.25) is 5.02 Å². The minimum atomic E-state index is 0.711. The fraction of sp³-hybridized carbons (Fsp3) is 0.0714. The zero-order valence-corrected chi connectivity index (χ0v) is 10.9. The predicted molar refractivity (Wildman–Crippen MR) is 72.1 cm³/mol. The van der Waals surface area contributed by atoms with E-state index >= 15 is 0 Å². The van der Waals surface area contributed by atoms with Crippen molar-refractivity contribution in [3.05, 3.63) is 58.6 Å². The van der Waals surface area contributed by atoms with Crippen LogP contribution < -0.4 is 0 Å². The zero-order chi connectivity index (χ0) is 12.3. The van der Waals surface area contributed by atoms with Crippen LogP contribution in [0, 0.1) is 6.92 Å². The molecule has 0 aliphatic carbocycles. The van der Waals surface area contributed by atoms with E-state index in [0.717, 1.165) is 26.7 Å². The smallest absolute Gasteiger partial charge is 0.150 e. The molecule has 17 heavy (non-hydrogen) atoms. The lowest BCUT2D eigenvalue weighted by molar-refractivity contribution is 0.112. The summed E-state index contributed by atoms with van der Waals surface area (Å²) < 4.78 is 0. The molecular weight excluding hydrogens is 252 g/mol. The number of halogens is 1. The average molecular weight is 263 g/mol. The Labute approximate surface area is 110 Å². The average Bonchev–Trinajstić information content (AvgIpc) is 2.34. The largest absolute Gasteiger partial charge is 0.298 e. The van der Waals surface area contributed by atoms with Crippen LogP contribution in [0.4, 0.5) is 0 Å². The third-order valence-electron chi connectivity index (χ3n) is 2.38. The summed E-state index contributed by atoms with van der Waals surface area (Å²) in [5, 5.41) is 0.738. The molecule has 3 heteroatoms. The van der Waals surface area contributed by atoms with Crippen molar-refractivity contribution in [2.45, 2.75) is 16.7 Å². The van der Waals surface area contributed by atoms with Gasteiger partial charge in [0.05, 0.1) is 0 Å². The van der Waals surface area contributed by atoms with E-state index in [2.05, 4.69) is 0 Å². The van der Waals surface area contributed by atoms with Gasteiger partial charge in [0, 0.05) is 20.4 Å². The zero-order valence-electron chi connectivity index (χ0n) is 9.31. The molecule has 0 aliphatic rings. The van der Waals surface area contributed by atoms with Gasteiger partial charge in [-0.1, -0.05) is 29.4 Å². The van der Waals surface area contributed by atoms with Crippen molar-refractivity contribution in [2.24, 2.45) is 0 Å². The van der Waals surface area contributed by atoms with E-state index in [1.54, 1.807) is 11.8 Å². The number of aldehydes is 1. The highest BCUT2D eigenvalue weighted by molar-refractivity contribution is 7.99. The molecule has 0 aliphatic heterocycles. The van der Waals surface area contributed by atoms with Crippen molar-refractivity contribution in [1.82, 2.24) is 0 Å². The van der Waals surface area contributed by atoms with Gasteiger partial charge in [0.15, 0.2) is 0 Å². The summed E-state index contributed by atoms with van der Waals surface area (Å²) >= 11 is 7.50. The molecule has 0 bridgehead atoms. The van der Waals surface area contributed by atoms with Crippen molar-refractivity contribution in [1.29, 1.82) is 0 Å². The molecule has 0 fully saturated rings. The summed E-state index contributed by atoms with van der Waals surface area (Å²) in [6.45, 7) is 2.01. The fourth-order valence-corrected chi connectivity index (χ4v) is 2.50. The minimum Gasteiger partial charge on any atom is -0.298 e. The van der Waals surface area contributed by atoms with E-state index in [1.807, 2.05) is 49.4 Å². The quantitative estimate of drug-likeness (QED) is 0.752. The topological polar surface area (TPSA) is 17.1 Å². The Balaban J connectivity index is 2.24. The van der Waals surface area contributed by atoms with Crippen LogP contribution in [0.25, 0.3) is 0 Å². The summed E-state index contributed by atoms with van der Waals surface area (Å²) in [4.78, 5) is 12.9. The molecule has 1 nitrogen and oxygen atoms in total. The van der Waals surface area contributed by atoms with Crippen molar-refractivity contribution >= 4 is 29.6 Å². The Morgan fingerprint density at radius 3 is 2.41 bits per heavy atom. The summed E-state index contributed by atoms with van der Waals surface area (Å²) in [7, 11) is 0. The van der Waals surface area contributed by atoms with Crippen LogP contribution in [-0.4, -0.2) is 6.29 Å². The molecule has 2 aromatic rings. The van der Waals surface area contributed by atoms with Crippen molar-refractivity contribution < 1.29 is 4.79 Å². The van der Waals surface area contributed by atoms with E-state index in [-0.39, 0.29) is 0 Å². The Bertz CT molecular complexity index is 534. The lowest BCUT2D eigenvalue weighted by Gasteiger charge is -2.06. The number of hydrogen-bond donors (Lipinski definition) is 0. The Kier molecular flexibility index (Phi) is 3.87. The highest BCUT2D eigenvalue weighted by Gasteiger charge is 2.02. The molecule has 0 N–H and O–H groups in total. The second kappa shape index (κ2) is 5.39. The van der Waals surface area contributed by atoms with Crippen LogP contribution in [0.1, 0.15) is 15.9 Å². The van der Waals surface area contributed by atoms with Crippen LogP contribution in [-0.2, 0) is 0 Å². The monoisotopic (exact) mass is 262 g/mol. The number of carbonyl (C=O) groups excluding carboxylic acids is 1. The molecule has 2 rings (SSSR count). The maximum atomic E-state index is 10.6. The SMILES string of the molecule is Cc1cc(C=O)ccc1Sc1ccc(Cl)cc1. The molecule has 0 saturated carbocycles. The van der Waals surface area contributed by atoms with Gasteiger partial charge in [0.1, 0.15) is 6.29 Å². The summed E-state index contributed by atoms with van der Waals surface area (Å²) in [5.41, 5.74) is 1.82. The first kappa shape index (κ1) is 12.2. The highest BCUT2D eigenvalue weighted by atomic mass is 35.5. The maximum Gasteiger partial charge on any atom is 0.150 e. The van der Waals surface area contributed by atoms with Gasteiger partial charge in [-0.15, -0.1) is 0 Å². The third kappa shape index (κ3) is 3.11.